The van der Waals surface area contributed by atoms with Crippen molar-refractivity contribution in [2.24, 2.45) is 11.8 Å². The van der Waals surface area contributed by atoms with Gasteiger partial charge in [-0.25, -0.2) is 0 Å². The van der Waals surface area contributed by atoms with E-state index in [1.165, 1.54) is 0 Å². The molecule has 1 aliphatic carbocycles. The Morgan fingerprint density at radius 2 is 2.00 bits per heavy atom. The molecule has 0 radical (unpaired) electrons. The van der Waals surface area contributed by atoms with Crippen LogP contribution in [0.4, 0.5) is 13.2 Å². The fourth-order valence-corrected chi connectivity index (χ4v) is 4.13. The molecule has 0 spiro atoms. The van der Waals surface area contributed by atoms with Crippen LogP contribution in [0.15, 0.2) is 12.4 Å². The molecule has 2 fully saturated rings. The summed E-state index contributed by atoms with van der Waals surface area (Å²) in [7, 11) is 0. The van der Waals surface area contributed by atoms with Crippen molar-refractivity contribution >= 4 is 5.91 Å². The smallest absolute Gasteiger partial charge is 0.338 e. The molecule has 0 unspecified atom stereocenters. The number of aryl methyl sites for hydroxylation is 1. The van der Waals surface area contributed by atoms with E-state index >= 15 is 0 Å². The minimum Gasteiger partial charge on any atom is -0.338 e. The highest BCUT2D eigenvalue weighted by molar-refractivity contribution is 5.80. The topological polar surface area (TPSA) is 38.1 Å². The molecule has 4 nitrogen and oxygen atoms in total. The molecule has 1 saturated heterocycles. The lowest BCUT2D eigenvalue weighted by Gasteiger charge is -2.36. The Hall–Kier alpha value is -1.53. The molecule has 1 aromatic heterocycles. The van der Waals surface area contributed by atoms with E-state index in [0.29, 0.717) is 32.4 Å². The molecule has 3 rings (SSSR count). The summed E-state index contributed by atoms with van der Waals surface area (Å²) in [5, 5.41) is 4.24. The third kappa shape index (κ3) is 3.59. The zero-order valence-corrected chi connectivity index (χ0v) is 13.9. The van der Waals surface area contributed by atoms with Crippen molar-refractivity contribution in [3.05, 3.63) is 18.0 Å². The van der Waals surface area contributed by atoms with Gasteiger partial charge in [0.2, 0.25) is 5.91 Å². The summed E-state index contributed by atoms with van der Waals surface area (Å²) in [5.74, 6) is -2.69. The molecule has 1 aromatic rings. The first-order valence-electron chi connectivity index (χ1n) is 8.72. The van der Waals surface area contributed by atoms with Gasteiger partial charge in [-0.2, -0.15) is 18.3 Å². The molecule has 0 N–H and O–H groups in total. The van der Waals surface area contributed by atoms with Crippen LogP contribution >= 0.6 is 0 Å². The van der Waals surface area contributed by atoms with Crippen molar-refractivity contribution in [1.29, 1.82) is 0 Å². The predicted molar refractivity (Wildman–Crippen MR) is 83.2 cm³/mol. The van der Waals surface area contributed by atoms with Crippen LogP contribution < -0.4 is 0 Å². The van der Waals surface area contributed by atoms with Crippen molar-refractivity contribution in [3.8, 4) is 0 Å². The summed E-state index contributed by atoms with van der Waals surface area (Å²) in [6.45, 7) is 3.06. The number of aromatic nitrogens is 2. The molecular formula is C17H24F3N3O. The van der Waals surface area contributed by atoms with E-state index in [2.05, 4.69) is 5.10 Å². The maximum Gasteiger partial charge on any atom is 0.392 e. The van der Waals surface area contributed by atoms with E-state index in [1.807, 2.05) is 13.1 Å². The third-order valence-electron chi connectivity index (χ3n) is 5.32. The zero-order chi connectivity index (χ0) is 17.3. The Bertz CT molecular complexity index is 584. The Labute approximate surface area is 140 Å². The first-order chi connectivity index (χ1) is 11.4. The van der Waals surface area contributed by atoms with Gasteiger partial charge >= 0.3 is 6.18 Å². The Morgan fingerprint density at radius 1 is 1.25 bits per heavy atom. The van der Waals surface area contributed by atoms with Crippen LogP contribution in [-0.4, -0.2) is 39.4 Å². The normalized spacial score (nSPS) is 28.3. The molecular weight excluding hydrogens is 319 g/mol. The van der Waals surface area contributed by atoms with Crippen LogP contribution in [0, 0.1) is 18.8 Å². The van der Waals surface area contributed by atoms with E-state index in [9.17, 15) is 18.0 Å². The molecule has 3 atom stereocenters. The van der Waals surface area contributed by atoms with Gasteiger partial charge in [0.1, 0.15) is 0 Å². The van der Waals surface area contributed by atoms with E-state index in [-0.39, 0.29) is 18.4 Å². The second kappa shape index (κ2) is 6.76. The molecule has 1 saturated carbocycles. The van der Waals surface area contributed by atoms with Gasteiger partial charge in [-0.05, 0) is 38.2 Å². The lowest BCUT2D eigenvalue weighted by Crippen LogP contribution is -2.47. The Morgan fingerprint density at radius 3 is 2.67 bits per heavy atom. The maximum atomic E-state index is 13.3. The van der Waals surface area contributed by atoms with Gasteiger partial charge < -0.3 is 4.90 Å². The summed E-state index contributed by atoms with van der Waals surface area (Å²) < 4.78 is 41.7. The Balaban J connectivity index is 1.72. The molecule has 2 aliphatic rings. The van der Waals surface area contributed by atoms with Crippen molar-refractivity contribution in [3.63, 3.8) is 0 Å². The SMILES string of the molecule is Cc1cnn(C[C@@H]2CCCN2C(=O)[C@H]2CCCC[C@H]2C(F)(F)F)c1. The highest BCUT2D eigenvalue weighted by Crippen LogP contribution is 2.42. The minimum absolute atomic E-state index is 0.0485. The molecule has 0 aromatic carbocycles. The second-order valence-electron chi connectivity index (χ2n) is 7.11. The van der Waals surface area contributed by atoms with E-state index in [0.717, 1.165) is 18.4 Å². The molecule has 1 aliphatic heterocycles. The van der Waals surface area contributed by atoms with Crippen LogP contribution in [0.2, 0.25) is 0 Å². The number of carbonyl (C=O) groups excluding carboxylic acids is 1. The lowest BCUT2D eigenvalue weighted by atomic mass is 9.78. The number of carbonyl (C=O) groups is 1. The van der Waals surface area contributed by atoms with Crippen LogP contribution in [0.5, 0.6) is 0 Å². The number of alkyl halides is 3. The number of nitrogens with zero attached hydrogens (tertiary/aromatic N) is 3. The fourth-order valence-electron chi connectivity index (χ4n) is 4.13. The number of amides is 1. The van der Waals surface area contributed by atoms with Gasteiger partial charge in [0.25, 0.3) is 0 Å². The molecule has 2 heterocycles. The average molecular weight is 343 g/mol. The number of likely N-dealkylation sites (tertiary alicyclic amines) is 1. The Kier molecular flexibility index (Phi) is 4.88. The van der Waals surface area contributed by atoms with Crippen molar-refractivity contribution in [2.45, 2.75) is 64.2 Å². The van der Waals surface area contributed by atoms with Crippen LogP contribution in [-0.2, 0) is 11.3 Å². The van der Waals surface area contributed by atoms with Gasteiger partial charge in [0.15, 0.2) is 0 Å². The van der Waals surface area contributed by atoms with Gasteiger partial charge in [0.05, 0.1) is 24.7 Å². The van der Waals surface area contributed by atoms with E-state index in [1.54, 1.807) is 15.8 Å². The molecule has 7 heteroatoms. The number of halogens is 3. The van der Waals surface area contributed by atoms with Crippen LogP contribution in [0.25, 0.3) is 0 Å². The monoisotopic (exact) mass is 343 g/mol. The van der Waals surface area contributed by atoms with Crippen molar-refractivity contribution in [1.82, 2.24) is 14.7 Å². The zero-order valence-electron chi connectivity index (χ0n) is 13.9. The largest absolute Gasteiger partial charge is 0.392 e. The van der Waals surface area contributed by atoms with Crippen LogP contribution in [0.1, 0.15) is 44.1 Å². The standard InChI is InChI=1S/C17H24F3N3O/c1-12-9-21-22(10-12)11-13-5-4-8-23(13)16(24)14-6-2-3-7-15(14)17(18,19)20/h9-10,13-15H,2-8,11H2,1H3/t13-,14-,15+/m0/s1. The van der Waals surface area contributed by atoms with E-state index < -0.39 is 18.0 Å². The van der Waals surface area contributed by atoms with Gasteiger partial charge in [0, 0.05) is 18.7 Å². The molecule has 0 bridgehead atoms. The van der Waals surface area contributed by atoms with Gasteiger partial charge in [-0.3, -0.25) is 9.48 Å². The van der Waals surface area contributed by atoms with Crippen LogP contribution in [0.3, 0.4) is 0 Å². The first kappa shape index (κ1) is 17.3. The number of rotatable bonds is 3. The second-order valence-corrected chi connectivity index (χ2v) is 7.11. The van der Waals surface area contributed by atoms with E-state index in [4.69, 9.17) is 0 Å². The quantitative estimate of drug-likeness (QED) is 0.842. The minimum atomic E-state index is -4.28. The van der Waals surface area contributed by atoms with Crippen molar-refractivity contribution in [2.75, 3.05) is 6.54 Å². The summed E-state index contributed by atoms with van der Waals surface area (Å²) in [5.41, 5.74) is 1.04. The summed E-state index contributed by atoms with van der Waals surface area (Å²) in [4.78, 5) is 14.5. The maximum absolute atomic E-state index is 13.3. The summed E-state index contributed by atoms with van der Waals surface area (Å²) in [6, 6.07) is -0.0485. The van der Waals surface area contributed by atoms with Crippen molar-refractivity contribution < 1.29 is 18.0 Å². The average Bonchev–Trinajstić information content (AvgIpc) is 3.15. The molecule has 134 valence electrons. The number of hydrogen-bond acceptors (Lipinski definition) is 2. The first-order valence-corrected chi connectivity index (χ1v) is 8.72. The fraction of sp³-hybridized carbons (Fsp3) is 0.765. The molecule has 24 heavy (non-hydrogen) atoms. The lowest BCUT2D eigenvalue weighted by molar-refractivity contribution is -0.201. The predicted octanol–water partition coefficient (Wildman–Crippen LogP) is 3.55. The highest BCUT2D eigenvalue weighted by atomic mass is 19.4. The highest BCUT2D eigenvalue weighted by Gasteiger charge is 2.49. The number of hydrogen-bond donors (Lipinski definition) is 0. The summed E-state index contributed by atoms with van der Waals surface area (Å²) in [6.07, 6.45) is 2.75. The van der Waals surface area contributed by atoms with Gasteiger partial charge in [-0.15, -0.1) is 0 Å². The molecule has 1 amide bonds. The van der Waals surface area contributed by atoms with Gasteiger partial charge in [-0.1, -0.05) is 12.8 Å². The summed E-state index contributed by atoms with van der Waals surface area (Å²) >= 11 is 0. The third-order valence-corrected chi connectivity index (χ3v) is 5.32.